The van der Waals surface area contributed by atoms with E-state index in [0.717, 1.165) is 49.4 Å². The van der Waals surface area contributed by atoms with Crippen LogP contribution in [0.25, 0.3) is 0 Å². The number of fused-ring (bicyclic) bond motifs is 3. The lowest BCUT2D eigenvalue weighted by Crippen LogP contribution is -2.39. The van der Waals surface area contributed by atoms with Crippen molar-refractivity contribution in [3.63, 3.8) is 0 Å². The molecule has 0 aromatic heterocycles. The Labute approximate surface area is 154 Å². The lowest BCUT2D eigenvalue weighted by molar-refractivity contribution is -0.131. The number of benzene rings is 1. The Morgan fingerprint density at radius 3 is 3.00 bits per heavy atom. The number of anilines is 1. The summed E-state index contributed by atoms with van der Waals surface area (Å²) in [7, 11) is 0. The fourth-order valence-corrected chi connectivity index (χ4v) is 4.19. The molecule has 0 aliphatic carbocycles. The molecular formula is C20H27N3O3. The Morgan fingerprint density at radius 1 is 1.19 bits per heavy atom. The van der Waals surface area contributed by atoms with Crippen LogP contribution in [-0.2, 0) is 16.0 Å². The molecule has 2 atom stereocenters. The van der Waals surface area contributed by atoms with Crippen LogP contribution in [0.15, 0.2) is 18.2 Å². The average Bonchev–Trinajstić information content (AvgIpc) is 2.97. The second-order valence-corrected chi connectivity index (χ2v) is 7.59. The number of amides is 2. The molecule has 4 rings (SSSR count). The maximum Gasteiger partial charge on any atom is 0.224 e. The van der Waals surface area contributed by atoms with Crippen molar-refractivity contribution in [1.82, 2.24) is 10.2 Å². The quantitative estimate of drug-likeness (QED) is 0.792. The fourth-order valence-electron chi connectivity index (χ4n) is 4.19. The van der Waals surface area contributed by atoms with Crippen LogP contribution in [0.1, 0.15) is 44.1 Å². The number of likely N-dealkylation sites (tertiary alicyclic amines) is 1. The summed E-state index contributed by atoms with van der Waals surface area (Å²) >= 11 is 0. The first kappa shape index (κ1) is 17.3. The Bertz CT molecular complexity index is 691. The third kappa shape index (κ3) is 4.01. The summed E-state index contributed by atoms with van der Waals surface area (Å²) in [6.07, 6.45) is 6.06. The third-order valence-electron chi connectivity index (χ3n) is 5.65. The van der Waals surface area contributed by atoms with Gasteiger partial charge < -0.3 is 20.3 Å². The molecule has 0 spiro atoms. The van der Waals surface area contributed by atoms with Crippen LogP contribution >= 0.6 is 0 Å². The predicted octanol–water partition coefficient (Wildman–Crippen LogP) is 2.08. The van der Waals surface area contributed by atoms with Gasteiger partial charge in [0, 0.05) is 43.7 Å². The van der Waals surface area contributed by atoms with E-state index in [2.05, 4.69) is 10.6 Å². The van der Waals surface area contributed by atoms with Crippen molar-refractivity contribution in [2.45, 2.75) is 57.0 Å². The lowest BCUT2D eigenvalue weighted by Gasteiger charge is -2.24. The predicted molar refractivity (Wildman–Crippen MR) is 99.3 cm³/mol. The van der Waals surface area contributed by atoms with Crippen molar-refractivity contribution < 1.29 is 14.3 Å². The molecule has 3 heterocycles. The smallest absolute Gasteiger partial charge is 0.224 e. The number of nitrogens with zero attached hydrogens (tertiary/aromatic N) is 1. The third-order valence-corrected chi connectivity index (χ3v) is 5.65. The first-order valence-corrected chi connectivity index (χ1v) is 9.77. The summed E-state index contributed by atoms with van der Waals surface area (Å²) in [5, 5.41) is 6.48. The van der Waals surface area contributed by atoms with E-state index >= 15 is 0 Å². The molecule has 6 heteroatoms. The number of rotatable bonds is 5. The number of nitrogens with one attached hydrogen (secondary N) is 2. The molecule has 26 heavy (non-hydrogen) atoms. The minimum atomic E-state index is 0.0709. The molecule has 1 aromatic carbocycles. The van der Waals surface area contributed by atoms with Gasteiger partial charge in [0.2, 0.25) is 11.8 Å². The zero-order valence-electron chi connectivity index (χ0n) is 15.1. The van der Waals surface area contributed by atoms with Crippen LogP contribution in [0, 0.1) is 0 Å². The highest BCUT2D eigenvalue weighted by atomic mass is 16.5. The average molecular weight is 357 g/mol. The van der Waals surface area contributed by atoms with Crippen LogP contribution in [0.4, 0.5) is 5.69 Å². The topological polar surface area (TPSA) is 70.7 Å². The minimum absolute atomic E-state index is 0.0709. The van der Waals surface area contributed by atoms with Crippen molar-refractivity contribution in [2.75, 3.05) is 25.0 Å². The van der Waals surface area contributed by atoms with Gasteiger partial charge in [-0.1, -0.05) is 0 Å². The van der Waals surface area contributed by atoms with Crippen LogP contribution in [0.5, 0.6) is 5.75 Å². The zero-order valence-corrected chi connectivity index (χ0v) is 15.1. The number of carbonyl (C=O) groups is 2. The Hall–Kier alpha value is -2.08. The summed E-state index contributed by atoms with van der Waals surface area (Å²) in [6, 6.07) is 6.86. The van der Waals surface area contributed by atoms with Gasteiger partial charge in [-0.15, -0.1) is 0 Å². The maximum atomic E-state index is 12.5. The largest absolute Gasteiger partial charge is 0.494 e. The molecule has 2 fully saturated rings. The van der Waals surface area contributed by atoms with Gasteiger partial charge in [0.05, 0.1) is 6.61 Å². The van der Waals surface area contributed by atoms with Crippen LogP contribution in [0.2, 0.25) is 0 Å². The second kappa shape index (κ2) is 7.66. The van der Waals surface area contributed by atoms with Crippen molar-refractivity contribution in [3.8, 4) is 5.75 Å². The van der Waals surface area contributed by atoms with E-state index in [-0.39, 0.29) is 11.8 Å². The van der Waals surface area contributed by atoms with Gasteiger partial charge >= 0.3 is 0 Å². The first-order chi connectivity index (χ1) is 12.7. The highest BCUT2D eigenvalue weighted by Gasteiger charge is 2.30. The lowest BCUT2D eigenvalue weighted by atomic mass is 10.0. The molecule has 3 aliphatic heterocycles. The maximum absolute atomic E-state index is 12.5. The monoisotopic (exact) mass is 357 g/mol. The van der Waals surface area contributed by atoms with Gasteiger partial charge in [0.15, 0.2) is 0 Å². The van der Waals surface area contributed by atoms with Crippen molar-refractivity contribution in [3.05, 3.63) is 23.8 Å². The van der Waals surface area contributed by atoms with Gasteiger partial charge in [-0.25, -0.2) is 0 Å². The van der Waals surface area contributed by atoms with E-state index in [0.29, 0.717) is 31.5 Å². The molecule has 3 aliphatic rings. The molecule has 1 aromatic rings. The van der Waals surface area contributed by atoms with E-state index in [4.69, 9.17) is 4.74 Å². The molecule has 6 nitrogen and oxygen atoms in total. The Balaban J connectivity index is 1.21. The van der Waals surface area contributed by atoms with Gasteiger partial charge in [0.1, 0.15) is 5.75 Å². The van der Waals surface area contributed by atoms with Crippen molar-refractivity contribution in [2.24, 2.45) is 0 Å². The number of carbonyl (C=O) groups excluding carboxylic acids is 2. The molecular weight excluding hydrogens is 330 g/mol. The highest BCUT2D eigenvalue weighted by Crippen LogP contribution is 2.27. The first-order valence-electron chi connectivity index (χ1n) is 9.77. The van der Waals surface area contributed by atoms with Gasteiger partial charge in [0.25, 0.3) is 0 Å². The fraction of sp³-hybridized carbons (Fsp3) is 0.600. The Morgan fingerprint density at radius 2 is 2.08 bits per heavy atom. The minimum Gasteiger partial charge on any atom is -0.494 e. The van der Waals surface area contributed by atoms with Gasteiger partial charge in [-0.05, 0) is 55.9 Å². The molecule has 2 N–H and O–H groups in total. The molecule has 2 saturated heterocycles. The number of ether oxygens (including phenoxy) is 1. The van der Waals surface area contributed by atoms with Crippen molar-refractivity contribution in [1.29, 1.82) is 0 Å². The summed E-state index contributed by atoms with van der Waals surface area (Å²) in [4.78, 5) is 25.9. The van der Waals surface area contributed by atoms with Crippen LogP contribution in [0.3, 0.4) is 0 Å². The van der Waals surface area contributed by atoms with E-state index in [1.807, 2.05) is 23.1 Å². The summed E-state index contributed by atoms with van der Waals surface area (Å²) in [6.45, 7) is 2.27. The summed E-state index contributed by atoms with van der Waals surface area (Å²) in [5.74, 6) is 1.13. The number of aryl methyl sites for hydroxylation is 1. The second-order valence-electron chi connectivity index (χ2n) is 7.59. The van der Waals surface area contributed by atoms with Crippen LogP contribution in [-0.4, -0.2) is 48.5 Å². The molecule has 0 radical (unpaired) electrons. The van der Waals surface area contributed by atoms with Crippen molar-refractivity contribution >= 4 is 17.5 Å². The molecule has 140 valence electrons. The van der Waals surface area contributed by atoms with E-state index < -0.39 is 0 Å². The SMILES string of the molecule is O=C1CCc2cc(OCCCC(=O)N3CCC4CCC(C3)N4)ccc2N1. The highest BCUT2D eigenvalue weighted by molar-refractivity contribution is 5.94. The van der Waals surface area contributed by atoms with E-state index in [9.17, 15) is 9.59 Å². The van der Waals surface area contributed by atoms with E-state index in [1.54, 1.807) is 0 Å². The van der Waals surface area contributed by atoms with E-state index in [1.165, 1.54) is 12.8 Å². The molecule has 2 amide bonds. The van der Waals surface area contributed by atoms with Crippen LogP contribution < -0.4 is 15.4 Å². The molecule has 2 unspecified atom stereocenters. The zero-order chi connectivity index (χ0) is 17.9. The molecule has 2 bridgehead atoms. The number of hydrogen-bond donors (Lipinski definition) is 2. The molecule has 0 saturated carbocycles. The van der Waals surface area contributed by atoms with Gasteiger partial charge in [-0.3, -0.25) is 9.59 Å². The van der Waals surface area contributed by atoms with Gasteiger partial charge in [-0.2, -0.15) is 0 Å². The number of hydrogen-bond acceptors (Lipinski definition) is 4. The standard InChI is InChI=1S/C20H27N3O3/c24-19-8-3-14-12-17(6-7-18(14)22-19)26-11-1-2-20(25)23-10-9-15-4-5-16(13-23)21-15/h6-7,12,15-16,21H,1-5,8-11,13H2,(H,22,24). The normalized spacial score (nSPS) is 24.6. The summed E-state index contributed by atoms with van der Waals surface area (Å²) < 4.78 is 5.81. The Kier molecular flexibility index (Phi) is 5.11. The summed E-state index contributed by atoms with van der Waals surface area (Å²) in [5.41, 5.74) is 2.00.